The van der Waals surface area contributed by atoms with Crippen LogP contribution in [0.1, 0.15) is 0 Å². The van der Waals surface area contributed by atoms with Gasteiger partial charge in [-0.25, -0.2) is 8.42 Å². The van der Waals surface area contributed by atoms with Crippen LogP contribution in [0.2, 0.25) is 0 Å². The van der Waals surface area contributed by atoms with Crippen molar-refractivity contribution in [2.75, 3.05) is 0 Å². The number of aromatic nitrogens is 2. The van der Waals surface area contributed by atoms with Crippen LogP contribution < -0.4 is 20.7 Å². The van der Waals surface area contributed by atoms with Crippen LogP contribution in [0.15, 0.2) is 204 Å². The van der Waals surface area contributed by atoms with Crippen LogP contribution in [0, 0.1) is 0 Å². The van der Waals surface area contributed by atoms with E-state index < -0.39 is 17.9 Å². The Hall–Kier alpha value is -6.47. The van der Waals surface area contributed by atoms with E-state index in [0.29, 0.717) is 9.79 Å². The van der Waals surface area contributed by atoms with Crippen LogP contribution in [-0.4, -0.2) is 25.6 Å². The van der Waals surface area contributed by atoms with Gasteiger partial charge < -0.3 is 9.13 Å². The van der Waals surface area contributed by atoms with Crippen molar-refractivity contribution >= 4 is 82.3 Å². The molecular formula is C48H32N2O2SSi-. The molecule has 2 aromatic heterocycles. The molecule has 3 heterocycles. The van der Waals surface area contributed by atoms with Crippen molar-refractivity contribution in [3.8, 4) is 11.4 Å². The Morgan fingerprint density at radius 2 is 0.667 bits per heavy atom. The summed E-state index contributed by atoms with van der Waals surface area (Å²) in [4.78, 5) is 0.737. The summed E-state index contributed by atoms with van der Waals surface area (Å²) in [5.41, 5.74) is 5.79. The number of benzene rings is 8. The van der Waals surface area contributed by atoms with Gasteiger partial charge in [0.15, 0.2) is 0 Å². The molecule has 1 aliphatic rings. The van der Waals surface area contributed by atoms with E-state index in [1.54, 1.807) is 0 Å². The highest BCUT2D eigenvalue weighted by molar-refractivity contribution is 7.92. The first-order valence-corrected chi connectivity index (χ1v) is 21.7. The highest BCUT2D eigenvalue weighted by atomic mass is 32.2. The van der Waals surface area contributed by atoms with E-state index in [4.69, 9.17) is 0 Å². The number of para-hydroxylation sites is 4. The van der Waals surface area contributed by atoms with Crippen LogP contribution in [-0.2, 0) is 9.84 Å². The molecule has 0 spiro atoms. The molecule has 1 aliphatic heterocycles. The SMILES string of the molecule is O=S1(=O)c2cc(-n3c4ccccc4c4ccccc43)ccc2[Si-](c2ccccc2)(c2ccccc2)c2ccc(-n3c4ccccc4c4ccccc43)cc21. The third-order valence-corrected chi connectivity index (χ3v) is 18.5. The first-order chi connectivity index (χ1) is 26.6. The van der Waals surface area contributed by atoms with Crippen LogP contribution in [0.4, 0.5) is 0 Å². The number of hydrogen-bond donors (Lipinski definition) is 0. The van der Waals surface area contributed by atoms with E-state index in [1.165, 1.54) is 0 Å². The molecule has 4 nitrogen and oxygen atoms in total. The van der Waals surface area contributed by atoms with Gasteiger partial charge in [0.1, 0.15) is 0 Å². The average molecular weight is 729 g/mol. The highest BCUT2D eigenvalue weighted by Gasteiger charge is 2.41. The van der Waals surface area contributed by atoms with E-state index >= 15 is 8.42 Å². The fourth-order valence-electron chi connectivity index (χ4n) is 9.19. The maximum Gasteiger partial charge on any atom is 0.201 e. The molecule has 0 saturated carbocycles. The lowest BCUT2D eigenvalue weighted by Crippen LogP contribution is -2.77. The van der Waals surface area contributed by atoms with Gasteiger partial charge in [-0.2, -0.15) is 20.7 Å². The van der Waals surface area contributed by atoms with Crippen LogP contribution in [0.3, 0.4) is 0 Å². The van der Waals surface area contributed by atoms with E-state index in [1.807, 2.05) is 48.5 Å². The van der Waals surface area contributed by atoms with E-state index in [9.17, 15) is 0 Å². The van der Waals surface area contributed by atoms with E-state index in [-0.39, 0.29) is 0 Å². The van der Waals surface area contributed by atoms with Crippen molar-refractivity contribution in [2.45, 2.75) is 9.79 Å². The molecule has 257 valence electrons. The molecule has 0 radical (unpaired) electrons. The molecule has 54 heavy (non-hydrogen) atoms. The Kier molecular flexibility index (Phi) is 6.63. The molecule has 0 aliphatic carbocycles. The quantitative estimate of drug-likeness (QED) is 0.171. The van der Waals surface area contributed by atoms with Gasteiger partial charge in [-0.15, -0.1) is 0 Å². The zero-order valence-electron chi connectivity index (χ0n) is 29.1. The molecule has 6 heteroatoms. The summed E-state index contributed by atoms with van der Waals surface area (Å²) in [6.07, 6.45) is 0. The normalized spacial score (nSPS) is 14.4. The predicted molar refractivity (Wildman–Crippen MR) is 224 cm³/mol. The smallest absolute Gasteiger partial charge is 0.201 e. The molecule has 0 fully saturated rings. The summed E-state index contributed by atoms with van der Waals surface area (Å²) in [6, 6.07) is 66.9. The molecule has 0 unspecified atom stereocenters. The van der Waals surface area contributed by atoms with Crippen molar-refractivity contribution in [1.29, 1.82) is 0 Å². The second kappa shape index (κ2) is 11.5. The first-order valence-electron chi connectivity index (χ1n) is 18.2. The second-order valence-electron chi connectivity index (χ2n) is 14.1. The summed E-state index contributed by atoms with van der Waals surface area (Å²) >= 11 is 0. The summed E-state index contributed by atoms with van der Waals surface area (Å²) in [5.74, 6) is 0. The average Bonchev–Trinajstić information content (AvgIpc) is 3.75. The van der Waals surface area contributed by atoms with Crippen LogP contribution in [0.25, 0.3) is 55.0 Å². The molecule has 0 amide bonds. The minimum atomic E-state index is -4.02. The van der Waals surface area contributed by atoms with Gasteiger partial charge in [-0.05, 0) is 56.6 Å². The fourth-order valence-corrected chi connectivity index (χ4v) is 17.2. The first kappa shape index (κ1) is 31.1. The number of sulfone groups is 1. The zero-order chi connectivity index (χ0) is 36.0. The Labute approximate surface area is 313 Å². The number of rotatable bonds is 4. The lowest BCUT2D eigenvalue weighted by atomic mass is 10.2. The predicted octanol–water partition coefficient (Wildman–Crippen LogP) is 8.40. The molecule has 0 atom stereocenters. The largest absolute Gasteiger partial charge is 0.309 e. The molecule has 0 N–H and O–H groups in total. The topological polar surface area (TPSA) is 44.0 Å². The van der Waals surface area contributed by atoms with Crippen molar-refractivity contribution < 1.29 is 8.42 Å². The molecule has 0 bridgehead atoms. The minimum Gasteiger partial charge on any atom is -0.309 e. The monoisotopic (exact) mass is 728 g/mol. The highest BCUT2D eigenvalue weighted by Crippen LogP contribution is 2.37. The second-order valence-corrected chi connectivity index (χ2v) is 19.7. The fraction of sp³-hybridized carbons (Fsp3) is 0. The van der Waals surface area contributed by atoms with Gasteiger partial charge in [0.05, 0.1) is 22.1 Å². The molecule has 11 rings (SSSR count). The lowest BCUT2D eigenvalue weighted by molar-refractivity contribution is 0.596. The summed E-state index contributed by atoms with van der Waals surface area (Å²) in [5, 5.41) is 8.56. The molecule has 10 aromatic rings. The Bertz CT molecular complexity index is 2920. The van der Waals surface area contributed by atoms with Gasteiger partial charge in [0.2, 0.25) is 9.84 Å². The molecule has 8 aromatic carbocycles. The van der Waals surface area contributed by atoms with Crippen LogP contribution >= 0.6 is 0 Å². The van der Waals surface area contributed by atoms with Crippen molar-refractivity contribution in [3.05, 3.63) is 194 Å². The minimum absolute atomic E-state index is 0.369. The number of hydrogen-bond acceptors (Lipinski definition) is 2. The van der Waals surface area contributed by atoms with Gasteiger partial charge in [0.25, 0.3) is 0 Å². The van der Waals surface area contributed by atoms with Gasteiger partial charge in [-0.1, -0.05) is 146 Å². The summed E-state index contributed by atoms with van der Waals surface area (Å²) < 4.78 is 35.5. The Morgan fingerprint density at radius 1 is 0.352 bits per heavy atom. The number of fused-ring (bicyclic) bond motifs is 8. The zero-order valence-corrected chi connectivity index (χ0v) is 30.9. The maximum absolute atomic E-state index is 15.5. The van der Waals surface area contributed by atoms with Gasteiger partial charge in [0, 0.05) is 42.7 Å². The molecule has 0 saturated heterocycles. The summed E-state index contributed by atoms with van der Waals surface area (Å²) in [7, 11) is -7.21. The van der Waals surface area contributed by atoms with Crippen molar-refractivity contribution in [2.24, 2.45) is 0 Å². The van der Waals surface area contributed by atoms with Gasteiger partial charge in [-0.3, -0.25) is 0 Å². The standard InChI is InChI=1S/C48H32N2O2SSi/c51-53(52)45-31-33(49-41-23-11-7-19-37(41)38-20-8-12-24-42(38)49)27-29-47(45)54(35-15-3-1-4-16-35,36-17-5-2-6-18-36)48-30-28-34(32-46(48)53)50-43-25-13-9-21-39(43)40-22-10-14-26-44(40)50/h1-32H/q-1. The number of nitrogens with zero attached hydrogens (tertiary/aromatic N) is 2. The Balaban J connectivity index is 1.26. The van der Waals surface area contributed by atoms with Crippen LogP contribution in [0.5, 0.6) is 0 Å². The molecular weight excluding hydrogens is 697 g/mol. The van der Waals surface area contributed by atoms with Crippen molar-refractivity contribution in [1.82, 2.24) is 9.13 Å². The third kappa shape index (κ3) is 4.15. The van der Waals surface area contributed by atoms with Gasteiger partial charge >= 0.3 is 0 Å². The third-order valence-electron chi connectivity index (χ3n) is 11.4. The van der Waals surface area contributed by atoms with E-state index in [2.05, 4.69) is 155 Å². The van der Waals surface area contributed by atoms with E-state index in [0.717, 1.165) is 75.7 Å². The summed E-state index contributed by atoms with van der Waals surface area (Å²) in [6.45, 7) is 0. The Morgan fingerprint density at radius 3 is 1.02 bits per heavy atom. The van der Waals surface area contributed by atoms with Crippen molar-refractivity contribution in [3.63, 3.8) is 0 Å². The lowest BCUT2D eigenvalue weighted by Gasteiger charge is -2.51. The maximum atomic E-state index is 15.5.